The lowest BCUT2D eigenvalue weighted by molar-refractivity contribution is 1.47. The summed E-state index contributed by atoms with van der Waals surface area (Å²) in [6.45, 7) is 2.13. The van der Waals surface area contributed by atoms with E-state index in [0.29, 0.717) is 0 Å². The highest BCUT2D eigenvalue weighted by Gasteiger charge is 2.11. The van der Waals surface area contributed by atoms with Crippen molar-refractivity contribution in [3.63, 3.8) is 0 Å². The van der Waals surface area contributed by atoms with Crippen molar-refractivity contribution in [2.24, 2.45) is 0 Å². The van der Waals surface area contributed by atoms with Gasteiger partial charge in [0.15, 0.2) is 0 Å². The molecule has 23 heavy (non-hydrogen) atoms. The molecule has 0 unspecified atom stereocenters. The maximum atomic E-state index is 6.06. The van der Waals surface area contributed by atoms with Crippen molar-refractivity contribution in [1.82, 2.24) is 4.98 Å². The average molecular weight is 448 g/mol. The van der Waals surface area contributed by atoms with Gasteiger partial charge in [-0.15, -0.1) is 22.7 Å². The van der Waals surface area contributed by atoms with E-state index in [2.05, 4.69) is 65.9 Å². The molecular formula is C18H13IN2S2. The zero-order valence-electron chi connectivity index (χ0n) is 12.3. The number of nitrogens with two attached hydrogens (primary N) is 1. The number of halogens is 1. The summed E-state index contributed by atoms with van der Waals surface area (Å²) in [6.07, 6.45) is 0. The van der Waals surface area contributed by atoms with Gasteiger partial charge in [0.2, 0.25) is 0 Å². The molecule has 5 heteroatoms. The Morgan fingerprint density at radius 2 is 1.65 bits per heavy atom. The number of benzene rings is 2. The topological polar surface area (TPSA) is 38.9 Å². The van der Waals surface area contributed by atoms with Gasteiger partial charge < -0.3 is 5.73 Å². The maximum absolute atomic E-state index is 6.06. The number of rotatable bonds is 2. The first-order valence-electron chi connectivity index (χ1n) is 7.13. The average Bonchev–Trinajstić information content (AvgIpc) is 3.18. The fraction of sp³-hybridized carbons (Fsp3) is 0.0556. The van der Waals surface area contributed by atoms with Crippen molar-refractivity contribution in [3.8, 4) is 21.0 Å². The summed E-state index contributed by atoms with van der Waals surface area (Å²) in [5, 5.41) is 1.02. The standard InChI is InChI=1S/C18H13IN2S2/c1-10-2-9-15(22-10)11-3-5-12(6-4-11)18-21-16-14(20)8-7-13(19)17(16)23-18/h2-9H,20H2,1H3. The van der Waals surface area contributed by atoms with Crippen LogP contribution in [0.5, 0.6) is 0 Å². The van der Waals surface area contributed by atoms with Crippen LogP contribution in [0.1, 0.15) is 4.88 Å². The fourth-order valence-corrected chi connectivity index (χ4v) is 5.13. The van der Waals surface area contributed by atoms with E-state index in [1.54, 1.807) is 11.3 Å². The van der Waals surface area contributed by atoms with Crippen LogP contribution in [0, 0.1) is 10.5 Å². The molecule has 2 heterocycles. The van der Waals surface area contributed by atoms with Gasteiger partial charge in [-0.2, -0.15) is 0 Å². The second-order valence-corrected chi connectivity index (χ2v) is 8.77. The number of thiazole rings is 1. The van der Waals surface area contributed by atoms with Crippen LogP contribution in [0.2, 0.25) is 0 Å². The minimum Gasteiger partial charge on any atom is -0.397 e. The van der Waals surface area contributed by atoms with Crippen molar-refractivity contribution in [3.05, 3.63) is 57.0 Å². The first kappa shape index (κ1) is 15.1. The molecule has 2 aromatic heterocycles. The predicted octanol–water partition coefficient (Wildman–Crippen LogP) is 6.19. The molecule has 0 atom stereocenters. The molecule has 0 radical (unpaired) electrons. The zero-order chi connectivity index (χ0) is 16.0. The lowest BCUT2D eigenvalue weighted by Gasteiger charge is -1.99. The third-order valence-electron chi connectivity index (χ3n) is 3.68. The van der Waals surface area contributed by atoms with Gasteiger partial charge in [0, 0.05) is 18.9 Å². The summed E-state index contributed by atoms with van der Waals surface area (Å²) in [6, 6.07) is 16.9. The SMILES string of the molecule is Cc1ccc(-c2ccc(-c3nc4c(N)ccc(I)c4s3)cc2)s1. The lowest BCUT2D eigenvalue weighted by atomic mass is 10.1. The number of nitrogens with zero attached hydrogens (tertiary/aromatic N) is 1. The molecule has 2 aromatic carbocycles. The highest BCUT2D eigenvalue weighted by Crippen LogP contribution is 2.36. The number of fused-ring (bicyclic) bond motifs is 1. The Bertz CT molecular complexity index is 961. The minimum atomic E-state index is 0.744. The van der Waals surface area contributed by atoms with Gasteiger partial charge in [-0.05, 0) is 59.3 Å². The Kier molecular flexibility index (Phi) is 3.87. The van der Waals surface area contributed by atoms with E-state index in [1.807, 2.05) is 23.5 Å². The highest BCUT2D eigenvalue weighted by atomic mass is 127. The van der Waals surface area contributed by atoms with Gasteiger partial charge in [-0.1, -0.05) is 24.3 Å². The Morgan fingerprint density at radius 3 is 2.30 bits per heavy atom. The number of hydrogen-bond acceptors (Lipinski definition) is 4. The summed E-state index contributed by atoms with van der Waals surface area (Å²) < 4.78 is 2.36. The molecule has 4 rings (SSSR count). The van der Waals surface area contributed by atoms with Crippen molar-refractivity contribution in [2.75, 3.05) is 5.73 Å². The van der Waals surface area contributed by atoms with Crippen LogP contribution in [0.3, 0.4) is 0 Å². The number of anilines is 1. The van der Waals surface area contributed by atoms with Crippen LogP contribution >= 0.6 is 45.3 Å². The van der Waals surface area contributed by atoms with E-state index >= 15 is 0 Å². The zero-order valence-corrected chi connectivity index (χ0v) is 16.1. The Balaban J connectivity index is 1.76. The number of nitrogen functional groups attached to an aromatic ring is 1. The molecule has 0 spiro atoms. The monoisotopic (exact) mass is 448 g/mol. The maximum Gasteiger partial charge on any atom is 0.124 e. The molecule has 0 aliphatic heterocycles. The third kappa shape index (κ3) is 2.77. The molecule has 4 aromatic rings. The number of thiophene rings is 1. The third-order valence-corrected chi connectivity index (χ3v) is 7.14. The largest absolute Gasteiger partial charge is 0.397 e. The second kappa shape index (κ2) is 5.89. The molecule has 2 N–H and O–H groups in total. The molecular weight excluding hydrogens is 435 g/mol. The van der Waals surface area contributed by atoms with Crippen LogP contribution < -0.4 is 5.73 Å². The first-order chi connectivity index (χ1) is 11.1. The summed E-state index contributed by atoms with van der Waals surface area (Å²) in [5.41, 5.74) is 10.1. The Hall–Kier alpha value is -1.44. The van der Waals surface area contributed by atoms with Gasteiger partial charge >= 0.3 is 0 Å². The van der Waals surface area contributed by atoms with Crippen molar-refractivity contribution < 1.29 is 0 Å². The number of aromatic nitrogens is 1. The quantitative estimate of drug-likeness (QED) is 0.294. The Morgan fingerprint density at radius 1 is 0.913 bits per heavy atom. The minimum absolute atomic E-state index is 0.744. The van der Waals surface area contributed by atoms with Crippen molar-refractivity contribution in [1.29, 1.82) is 0 Å². The molecule has 0 saturated heterocycles. The first-order valence-corrected chi connectivity index (χ1v) is 9.85. The lowest BCUT2D eigenvalue weighted by Crippen LogP contribution is -1.87. The summed E-state index contributed by atoms with van der Waals surface area (Å²) in [5.74, 6) is 0. The smallest absolute Gasteiger partial charge is 0.124 e. The second-order valence-electron chi connectivity index (χ2n) is 5.32. The molecule has 0 aliphatic rings. The summed E-state index contributed by atoms with van der Waals surface area (Å²) in [7, 11) is 0. The van der Waals surface area contributed by atoms with Crippen molar-refractivity contribution >= 4 is 61.2 Å². The molecule has 0 bridgehead atoms. The van der Waals surface area contributed by atoms with Crippen LogP contribution in [-0.4, -0.2) is 4.98 Å². The van der Waals surface area contributed by atoms with E-state index in [0.717, 1.165) is 21.8 Å². The fourth-order valence-electron chi connectivity index (χ4n) is 2.49. The van der Waals surface area contributed by atoms with Gasteiger partial charge in [-0.25, -0.2) is 4.98 Å². The molecule has 0 saturated carbocycles. The Labute approximate surface area is 156 Å². The van der Waals surface area contributed by atoms with Gasteiger partial charge in [0.25, 0.3) is 0 Å². The van der Waals surface area contributed by atoms with Gasteiger partial charge in [0.05, 0.1) is 10.4 Å². The molecule has 2 nitrogen and oxygen atoms in total. The normalized spacial score (nSPS) is 11.2. The van der Waals surface area contributed by atoms with E-state index in [4.69, 9.17) is 10.7 Å². The van der Waals surface area contributed by atoms with Gasteiger partial charge in [-0.3, -0.25) is 0 Å². The highest BCUT2D eigenvalue weighted by molar-refractivity contribution is 14.1. The van der Waals surface area contributed by atoms with E-state index < -0.39 is 0 Å². The predicted molar refractivity (Wildman–Crippen MR) is 110 cm³/mol. The van der Waals surface area contributed by atoms with E-state index in [-0.39, 0.29) is 0 Å². The van der Waals surface area contributed by atoms with Gasteiger partial charge in [0.1, 0.15) is 10.5 Å². The van der Waals surface area contributed by atoms with Crippen LogP contribution in [0.4, 0.5) is 5.69 Å². The number of aryl methyl sites for hydroxylation is 1. The molecule has 0 amide bonds. The van der Waals surface area contributed by atoms with E-state index in [9.17, 15) is 0 Å². The van der Waals surface area contributed by atoms with Crippen LogP contribution in [0.25, 0.3) is 31.2 Å². The molecule has 0 fully saturated rings. The van der Waals surface area contributed by atoms with Crippen molar-refractivity contribution in [2.45, 2.75) is 6.92 Å². The molecule has 114 valence electrons. The summed E-state index contributed by atoms with van der Waals surface area (Å²) >= 11 is 5.86. The van der Waals surface area contributed by atoms with Crippen LogP contribution in [-0.2, 0) is 0 Å². The van der Waals surface area contributed by atoms with E-state index in [1.165, 1.54) is 23.6 Å². The molecule has 0 aliphatic carbocycles. The van der Waals surface area contributed by atoms with Crippen LogP contribution in [0.15, 0.2) is 48.5 Å². The number of hydrogen-bond donors (Lipinski definition) is 1. The summed E-state index contributed by atoms with van der Waals surface area (Å²) in [4.78, 5) is 7.38.